The second-order valence-corrected chi connectivity index (χ2v) is 21.5. The summed E-state index contributed by atoms with van der Waals surface area (Å²) in [7, 11) is 0. The van der Waals surface area contributed by atoms with Gasteiger partial charge >= 0.3 is 0 Å². The SMILES string of the molecule is C[C@H]1CC[C@@]2(OC1)O[C@H]1CC3[C@@H]4CC[C@@H]5C[C@@H](O[C@@H]6O[C@H](CO)[C@@H](O[C@@H]7O[C@@H](C)[C@H](O)[C@@H](O)[C@H]7O)[C@H](O)[C@H]6O[C@@H]6O[C@H](CO)[C@@H](O)[C@H](O)[C@H]6O)CC[C@]5(C)C4CC[C@]3(C)C1[C@@H]2C. The van der Waals surface area contributed by atoms with Gasteiger partial charge in [-0.1, -0.05) is 27.7 Å². The Labute approximate surface area is 364 Å². The summed E-state index contributed by atoms with van der Waals surface area (Å²) in [5.41, 5.74) is 0.311. The molecule has 17 heteroatoms. The van der Waals surface area contributed by atoms with E-state index in [4.69, 9.17) is 37.9 Å². The molecule has 0 aromatic heterocycles. The molecule has 5 aliphatic heterocycles. The van der Waals surface area contributed by atoms with Crippen molar-refractivity contribution in [1.82, 2.24) is 0 Å². The van der Waals surface area contributed by atoms with Crippen molar-refractivity contribution >= 4 is 0 Å². The number of ether oxygens (including phenoxy) is 8. The Hall–Kier alpha value is -0.680. The first-order chi connectivity index (χ1) is 29.4. The Morgan fingerprint density at radius 3 is 1.94 bits per heavy atom. The van der Waals surface area contributed by atoms with E-state index in [1.54, 1.807) is 0 Å². The van der Waals surface area contributed by atoms with Gasteiger partial charge in [-0.3, -0.25) is 0 Å². The van der Waals surface area contributed by atoms with Crippen LogP contribution in [0.4, 0.5) is 0 Å². The van der Waals surface area contributed by atoms with Gasteiger partial charge in [-0.15, -0.1) is 0 Å². The molecule has 9 rings (SSSR count). The van der Waals surface area contributed by atoms with Crippen LogP contribution in [0.25, 0.3) is 0 Å². The summed E-state index contributed by atoms with van der Waals surface area (Å²) in [5.74, 6) is 3.15. The van der Waals surface area contributed by atoms with Crippen molar-refractivity contribution in [3.63, 3.8) is 0 Å². The smallest absolute Gasteiger partial charge is 0.187 e. The molecule has 9 aliphatic rings. The summed E-state index contributed by atoms with van der Waals surface area (Å²) in [5, 5.41) is 95.9. The van der Waals surface area contributed by atoms with Crippen molar-refractivity contribution in [3.8, 4) is 0 Å². The Balaban J connectivity index is 0.902. The van der Waals surface area contributed by atoms with Gasteiger partial charge < -0.3 is 83.9 Å². The number of aliphatic hydroxyl groups excluding tert-OH is 9. The zero-order chi connectivity index (χ0) is 44.2. The summed E-state index contributed by atoms with van der Waals surface area (Å²) in [6.07, 6.45) is -12.7. The molecule has 5 saturated heterocycles. The highest BCUT2D eigenvalue weighted by atomic mass is 16.8. The first kappa shape index (κ1) is 46.4. The lowest BCUT2D eigenvalue weighted by Gasteiger charge is -2.61. The molecule has 27 atom stereocenters. The van der Waals surface area contributed by atoms with Gasteiger partial charge in [-0.2, -0.15) is 0 Å². The van der Waals surface area contributed by atoms with Crippen molar-refractivity contribution in [3.05, 3.63) is 0 Å². The second kappa shape index (κ2) is 17.4. The third-order valence-corrected chi connectivity index (χ3v) is 18.2. The normalized spacial score (nSPS) is 58.9. The van der Waals surface area contributed by atoms with Gasteiger partial charge in [-0.05, 0) is 111 Å². The summed E-state index contributed by atoms with van der Waals surface area (Å²) in [6.45, 7) is 10.6. The molecule has 17 nitrogen and oxygen atoms in total. The number of fused-ring (bicyclic) bond motifs is 7. The van der Waals surface area contributed by atoms with E-state index < -0.39 is 111 Å². The Kier molecular flexibility index (Phi) is 13.1. The molecule has 3 unspecified atom stereocenters. The predicted molar refractivity (Wildman–Crippen MR) is 214 cm³/mol. The molecule has 0 radical (unpaired) electrons. The van der Waals surface area contributed by atoms with Gasteiger partial charge in [0.2, 0.25) is 0 Å². The zero-order valence-electron chi connectivity index (χ0n) is 36.8. The quantitative estimate of drug-likeness (QED) is 0.149. The maximum absolute atomic E-state index is 12.0. The molecular formula is C45H74O17. The fourth-order valence-electron chi connectivity index (χ4n) is 14.6. The fraction of sp³-hybridized carbons (Fsp3) is 1.00. The lowest BCUT2D eigenvalue weighted by atomic mass is 9.44. The minimum atomic E-state index is -1.81. The second-order valence-electron chi connectivity index (χ2n) is 21.5. The predicted octanol–water partition coefficient (Wildman–Crippen LogP) is 0.294. The van der Waals surface area contributed by atoms with E-state index in [1.807, 2.05) is 0 Å². The number of hydrogen-bond acceptors (Lipinski definition) is 17. The van der Waals surface area contributed by atoms with Crippen LogP contribution < -0.4 is 0 Å². The van der Waals surface area contributed by atoms with Gasteiger partial charge in [0.15, 0.2) is 24.7 Å². The summed E-state index contributed by atoms with van der Waals surface area (Å²) >= 11 is 0. The van der Waals surface area contributed by atoms with Gasteiger partial charge in [-0.25, -0.2) is 0 Å². The monoisotopic (exact) mass is 886 g/mol. The Morgan fingerprint density at radius 2 is 1.24 bits per heavy atom. The number of aliphatic hydroxyl groups is 9. The lowest BCUT2D eigenvalue weighted by Crippen LogP contribution is -2.67. The maximum atomic E-state index is 12.0. The molecule has 0 amide bonds. The molecule has 4 saturated carbocycles. The number of rotatable bonds is 8. The lowest BCUT2D eigenvalue weighted by molar-refractivity contribution is -0.391. The molecule has 0 aromatic rings. The van der Waals surface area contributed by atoms with Crippen molar-refractivity contribution in [2.45, 2.75) is 209 Å². The topological polar surface area (TPSA) is 256 Å². The minimum absolute atomic E-state index is 0.0972. The third-order valence-electron chi connectivity index (χ3n) is 18.2. The highest BCUT2D eigenvalue weighted by molar-refractivity contribution is 5.15. The van der Waals surface area contributed by atoms with Gasteiger partial charge in [0.05, 0.1) is 38.1 Å². The molecule has 9 N–H and O–H groups in total. The maximum Gasteiger partial charge on any atom is 0.187 e. The minimum Gasteiger partial charge on any atom is -0.394 e. The molecule has 9 fully saturated rings. The average Bonchev–Trinajstić information content (AvgIpc) is 3.70. The fourth-order valence-corrected chi connectivity index (χ4v) is 14.6. The summed E-state index contributed by atoms with van der Waals surface area (Å²) in [4.78, 5) is 0. The van der Waals surface area contributed by atoms with E-state index in [9.17, 15) is 46.0 Å². The molecule has 0 aromatic carbocycles. The molecule has 0 bridgehead atoms. The highest BCUT2D eigenvalue weighted by Gasteiger charge is 2.69. The van der Waals surface area contributed by atoms with E-state index in [2.05, 4.69) is 27.7 Å². The van der Waals surface area contributed by atoms with Crippen molar-refractivity contribution in [1.29, 1.82) is 0 Å². The van der Waals surface area contributed by atoms with Crippen molar-refractivity contribution in [2.24, 2.45) is 52.3 Å². The molecule has 1 spiro atoms. The average molecular weight is 887 g/mol. The number of hydrogen-bond donors (Lipinski definition) is 9. The van der Waals surface area contributed by atoms with Crippen LogP contribution in [0.2, 0.25) is 0 Å². The molecule has 62 heavy (non-hydrogen) atoms. The summed E-state index contributed by atoms with van der Waals surface area (Å²) < 4.78 is 50.0. The molecular weight excluding hydrogens is 812 g/mol. The van der Waals surface area contributed by atoms with Crippen molar-refractivity contribution in [2.75, 3.05) is 19.8 Å². The molecule has 5 heterocycles. The van der Waals surface area contributed by atoms with Crippen LogP contribution in [0.3, 0.4) is 0 Å². The van der Waals surface area contributed by atoms with Crippen LogP contribution in [-0.2, 0) is 37.9 Å². The van der Waals surface area contributed by atoms with Gasteiger partial charge in [0.25, 0.3) is 0 Å². The first-order valence-electron chi connectivity index (χ1n) is 23.7. The van der Waals surface area contributed by atoms with E-state index in [1.165, 1.54) is 19.8 Å². The van der Waals surface area contributed by atoms with Gasteiger partial charge in [0.1, 0.15) is 67.1 Å². The van der Waals surface area contributed by atoms with Crippen LogP contribution in [0, 0.1) is 52.3 Å². The molecule has 4 aliphatic carbocycles. The Morgan fingerprint density at radius 1 is 0.581 bits per heavy atom. The molecule has 356 valence electrons. The first-order valence-corrected chi connectivity index (χ1v) is 23.7. The standard InChI is InChI=1S/C45H74O17/c1-19-8-13-45(55-18-19)20(2)30-27(62-45)15-26-24-7-6-22-14-23(9-11-43(22,4)25(24)10-12-44(26,30)5)57-42-39(61-41-36(53)34(51)32(49)28(16-46)58-41)37(54)38(29(17-47)59-42)60-40-35(52)33(50)31(48)21(3)56-40/h19-42,46-54H,6-18H2,1-5H3/t19-,20-,21-,22+,23-,24+,25?,26?,27-,28+,29+,30?,31-,32+,33+,34-,35+,36+,37-,38+,39+,40-,41-,42+,43-,44-,45+/m0/s1. The van der Waals surface area contributed by atoms with Crippen LogP contribution >= 0.6 is 0 Å². The van der Waals surface area contributed by atoms with Crippen molar-refractivity contribution < 1.29 is 83.9 Å². The Bertz CT molecular complexity index is 1550. The van der Waals surface area contributed by atoms with E-state index >= 15 is 0 Å². The van der Waals surface area contributed by atoms with Crippen LogP contribution in [0.5, 0.6) is 0 Å². The van der Waals surface area contributed by atoms with Gasteiger partial charge in [0, 0.05) is 12.3 Å². The van der Waals surface area contributed by atoms with E-state index in [-0.39, 0.29) is 23.0 Å². The van der Waals surface area contributed by atoms with Crippen LogP contribution in [-0.4, -0.2) is 176 Å². The van der Waals surface area contributed by atoms with E-state index in [0.717, 1.165) is 51.6 Å². The third kappa shape index (κ3) is 7.56. The largest absolute Gasteiger partial charge is 0.394 e. The summed E-state index contributed by atoms with van der Waals surface area (Å²) in [6, 6.07) is 0. The van der Waals surface area contributed by atoms with Crippen LogP contribution in [0.15, 0.2) is 0 Å². The van der Waals surface area contributed by atoms with E-state index in [0.29, 0.717) is 47.8 Å². The van der Waals surface area contributed by atoms with Crippen LogP contribution in [0.1, 0.15) is 98.8 Å². The highest BCUT2D eigenvalue weighted by Crippen LogP contribution is 2.71. The zero-order valence-corrected chi connectivity index (χ0v) is 36.8.